The molecule has 0 amide bonds. The maximum absolute atomic E-state index is 7.32. The van der Waals surface area contributed by atoms with Gasteiger partial charge in [0.15, 0.2) is 17.9 Å². The summed E-state index contributed by atoms with van der Waals surface area (Å²) in [6, 6.07) is 5.88. The second kappa shape index (κ2) is 4.44. The Kier molecular flexibility index (Phi) is 2.62. The topological polar surface area (TPSA) is 17.5 Å². The number of aromatic nitrogens is 2. The quantitative estimate of drug-likeness (QED) is 0.340. The highest BCUT2D eigenvalue weighted by atomic mass is 15.4. The molecule has 3 aromatic rings. The summed E-state index contributed by atoms with van der Waals surface area (Å²) in [4.78, 5) is 6.99. The molecule has 0 saturated carbocycles. The number of aryl methyl sites for hydroxylation is 1. The molecule has 0 fully saturated rings. The monoisotopic (exact) mass is 299 g/mol. The van der Waals surface area contributed by atoms with Crippen LogP contribution in [0.4, 0.5) is 11.4 Å². The Hall–Kier alpha value is -3.11. The van der Waals surface area contributed by atoms with Crippen LogP contribution in [0.2, 0.25) is 0 Å². The Morgan fingerprint density at radius 2 is 1.70 bits per heavy atom. The molecule has 0 spiro atoms. The Bertz CT molecular complexity index is 1090. The van der Waals surface area contributed by atoms with Gasteiger partial charge in [-0.25, -0.2) is 0 Å². The molecule has 0 atom stereocenters. The third-order valence-electron chi connectivity index (χ3n) is 4.96. The standard InChI is InChI=1S/C19H15N4/c1-11-6-19-15(13(3)12(11)2)10-22-9-14-7-16(20-4)17(21-5)8-18(14)23(19)22/h6-9H,10H2,1-3H3/q+1. The van der Waals surface area contributed by atoms with E-state index in [1.54, 1.807) is 0 Å². The number of benzene rings is 2. The van der Waals surface area contributed by atoms with Crippen molar-refractivity contribution in [3.63, 3.8) is 0 Å². The average molecular weight is 299 g/mol. The zero-order valence-electron chi connectivity index (χ0n) is 13.3. The van der Waals surface area contributed by atoms with Gasteiger partial charge in [-0.1, -0.05) is 6.07 Å². The van der Waals surface area contributed by atoms with Gasteiger partial charge in [0, 0.05) is 0 Å². The summed E-state index contributed by atoms with van der Waals surface area (Å²) >= 11 is 0. The first-order valence-electron chi connectivity index (χ1n) is 7.49. The van der Waals surface area contributed by atoms with Crippen molar-refractivity contribution in [1.82, 2.24) is 4.68 Å². The summed E-state index contributed by atoms with van der Waals surface area (Å²) in [6.07, 6.45) is 2.07. The van der Waals surface area contributed by atoms with Gasteiger partial charge in [0.25, 0.3) is 0 Å². The highest BCUT2D eigenvalue weighted by Gasteiger charge is 2.30. The molecule has 1 aliphatic rings. The molecule has 0 N–H and O–H groups in total. The zero-order valence-corrected chi connectivity index (χ0v) is 13.3. The second-order valence-electron chi connectivity index (χ2n) is 6.10. The third-order valence-corrected chi connectivity index (χ3v) is 4.96. The summed E-state index contributed by atoms with van der Waals surface area (Å²) in [5.41, 5.74) is 8.33. The predicted molar refractivity (Wildman–Crippen MR) is 89.3 cm³/mol. The summed E-state index contributed by atoms with van der Waals surface area (Å²) in [6.45, 7) is 21.9. The SMILES string of the molecule is [C-]#[N+]c1cc2c[n+]3n(c2cc1[N+]#[C-])-c1cc(C)c(C)c(C)c1C3. The molecular formula is C19H15N4+. The van der Waals surface area contributed by atoms with E-state index in [4.69, 9.17) is 13.1 Å². The minimum atomic E-state index is 0.419. The van der Waals surface area contributed by atoms with Gasteiger partial charge in [0.05, 0.1) is 24.1 Å². The van der Waals surface area contributed by atoms with Gasteiger partial charge in [-0.05, 0) is 49.6 Å². The predicted octanol–water partition coefficient (Wildman–Crippen LogP) is 4.31. The molecule has 0 radical (unpaired) electrons. The molecule has 1 aromatic heterocycles. The van der Waals surface area contributed by atoms with Crippen LogP contribution in [0.15, 0.2) is 24.4 Å². The molecule has 4 nitrogen and oxygen atoms in total. The molecule has 4 heteroatoms. The smallest absolute Gasteiger partial charge is 0.202 e. The van der Waals surface area contributed by atoms with Gasteiger partial charge in [-0.2, -0.15) is 0 Å². The van der Waals surface area contributed by atoms with Gasteiger partial charge in [0.1, 0.15) is 11.2 Å². The van der Waals surface area contributed by atoms with Gasteiger partial charge in [-0.3, -0.25) is 9.69 Å². The summed E-state index contributed by atoms with van der Waals surface area (Å²) in [7, 11) is 0. The first kappa shape index (κ1) is 13.5. The molecule has 0 aliphatic carbocycles. The molecule has 110 valence electrons. The average Bonchev–Trinajstić information content (AvgIpc) is 3.07. The van der Waals surface area contributed by atoms with Crippen LogP contribution in [-0.4, -0.2) is 4.68 Å². The van der Waals surface area contributed by atoms with Crippen molar-refractivity contribution >= 4 is 22.3 Å². The highest BCUT2D eigenvalue weighted by Crippen LogP contribution is 2.36. The normalized spacial score (nSPS) is 11.9. The van der Waals surface area contributed by atoms with Crippen LogP contribution >= 0.6 is 0 Å². The van der Waals surface area contributed by atoms with Crippen LogP contribution in [0, 0.1) is 33.9 Å². The Balaban J connectivity index is 2.09. The summed E-state index contributed by atoms with van der Waals surface area (Å²) in [5, 5.41) is 1.00. The molecule has 1 aliphatic heterocycles. The number of fused-ring (bicyclic) bond motifs is 5. The number of nitrogens with zero attached hydrogens (tertiary/aromatic N) is 4. The fourth-order valence-corrected chi connectivity index (χ4v) is 3.45. The van der Waals surface area contributed by atoms with E-state index in [-0.39, 0.29) is 0 Å². The Morgan fingerprint density at radius 3 is 2.39 bits per heavy atom. The zero-order chi connectivity index (χ0) is 16.3. The Morgan fingerprint density at radius 1 is 1.00 bits per heavy atom. The van der Waals surface area contributed by atoms with Gasteiger partial charge >= 0.3 is 0 Å². The van der Waals surface area contributed by atoms with E-state index >= 15 is 0 Å². The molecule has 0 saturated heterocycles. The number of hydrogen-bond donors (Lipinski definition) is 0. The fourth-order valence-electron chi connectivity index (χ4n) is 3.45. The van der Waals surface area contributed by atoms with E-state index in [9.17, 15) is 0 Å². The highest BCUT2D eigenvalue weighted by molar-refractivity contribution is 5.91. The van der Waals surface area contributed by atoms with Crippen LogP contribution < -0.4 is 4.68 Å². The van der Waals surface area contributed by atoms with Crippen molar-refractivity contribution in [2.45, 2.75) is 27.3 Å². The molecule has 2 aromatic carbocycles. The van der Waals surface area contributed by atoms with Crippen molar-refractivity contribution in [3.8, 4) is 5.69 Å². The number of rotatable bonds is 0. The third kappa shape index (κ3) is 1.67. The second-order valence-corrected chi connectivity index (χ2v) is 6.10. The minimum Gasteiger partial charge on any atom is -0.250 e. The van der Waals surface area contributed by atoms with E-state index in [2.05, 4.69) is 52.1 Å². The Labute approximate surface area is 134 Å². The van der Waals surface area contributed by atoms with Crippen molar-refractivity contribution in [2.75, 3.05) is 0 Å². The maximum Gasteiger partial charge on any atom is 0.202 e. The minimum absolute atomic E-state index is 0.419. The van der Waals surface area contributed by atoms with E-state index in [1.165, 1.54) is 27.9 Å². The lowest BCUT2D eigenvalue weighted by molar-refractivity contribution is -0.749. The molecule has 4 rings (SSSR count). The van der Waals surface area contributed by atoms with Crippen LogP contribution in [-0.2, 0) is 6.54 Å². The van der Waals surface area contributed by atoms with Crippen molar-refractivity contribution < 1.29 is 4.68 Å². The van der Waals surface area contributed by atoms with E-state index in [0.29, 0.717) is 11.4 Å². The first-order valence-corrected chi connectivity index (χ1v) is 7.49. The van der Waals surface area contributed by atoms with Crippen LogP contribution in [0.5, 0.6) is 0 Å². The lowest BCUT2D eigenvalue weighted by Gasteiger charge is -2.08. The largest absolute Gasteiger partial charge is 0.250 e. The molecule has 2 heterocycles. The molecule has 0 unspecified atom stereocenters. The van der Waals surface area contributed by atoms with E-state index in [0.717, 1.165) is 17.4 Å². The van der Waals surface area contributed by atoms with Crippen LogP contribution in [0.25, 0.3) is 26.3 Å². The van der Waals surface area contributed by atoms with Crippen molar-refractivity contribution in [3.05, 3.63) is 69.5 Å². The van der Waals surface area contributed by atoms with Crippen molar-refractivity contribution in [2.24, 2.45) is 0 Å². The van der Waals surface area contributed by atoms with Gasteiger partial charge in [-0.15, -0.1) is 9.36 Å². The van der Waals surface area contributed by atoms with Gasteiger partial charge in [0.2, 0.25) is 6.20 Å². The van der Waals surface area contributed by atoms with Gasteiger partial charge < -0.3 is 0 Å². The first-order chi connectivity index (χ1) is 11.0. The van der Waals surface area contributed by atoms with Crippen LogP contribution in [0.1, 0.15) is 22.3 Å². The molecule has 23 heavy (non-hydrogen) atoms. The fraction of sp³-hybridized carbons (Fsp3) is 0.211. The van der Waals surface area contributed by atoms with Crippen LogP contribution in [0.3, 0.4) is 0 Å². The lowest BCUT2D eigenvalue weighted by Crippen LogP contribution is -2.36. The van der Waals surface area contributed by atoms with Crippen molar-refractivity contribution in [1.29, 1.82) is 0 Å². The van der Waals surface area contributed by atoms with E-state index in [1.807, 2.05) is 12.1 Å². The van der Waals surface area contributed by atoms with E-state index < -0.39 is 0 Å². The summed E-state index contributed by atoms with van der Waals surface area (Å²) < 4.78 is 4.34. The molecule has 0 bridgehead atoms. The summed E-state index contributed by atoms with van der Waals surface area (Å²) in [5.74, 6) is 0. The molecular weight excluding hydrogens is 284 g/mol. The lowest BCUT2D eigenvalue weighted by atomic mass is 9.97. The maximum atomic E-state index is 7.32. The number of hydrogen-bond acceptors (Lipinski definition) is 0.